The van der Waals surface area contributed by atoms with Gasteiger partial charge < -0.3 is 15.0 Å². The Bertz CT molecular complexity index is 989. The molecule has 0 unspecified atom stereocenters. The molecule has 0 bridgehead atoms. The number of methoxy groups -OCH3 is 1. The Morgan fingerprint density at radius 2 is 2.10 bits per heavy atom. The topological polar surface area (TPSA) is 85.2 Å². The van der Waals surface area contributed by atoms with E-state index in [1.54, 1.807) is 18.0 Å². The van der Waals surface area contributed by atoms with Crippen molar-refractivity contribution in [2.45, 2.75) is 19.8 Å². The molecule has 1 atom stereocenters. The largest absolute Gasteiger partial charge is 0.495 e. The van der Waals surface area contributed by atoms with E-state index in [2.05, 4.69) is 25.3 Å². The van der Waals surface area contributed by atoms with E-state index in [0.29, 0.717) is 23.8 Å². The minimum atomic E-state index is -0.128. The number of carbonyl (C=O) groups is 1. The first-order valence-electron chi connectivity index (χ1n) is 9.66. The summed E-state index contributed by atoms with van der Waals surface area (Å²) in [7, 11) is 1.61. The van der Waals surface area contributed by atoms with Gasteiger partial charge in [0.25, 0.3) is 0 Å². The fourth-order valence-electron chi connectivity index (χ4n) is 3.59. The molecular formula is C21H24N6O2. The van der Waals surface area contributed by atoms with Crippen LogP contribution in [-0.4, -0.2) is 45.9 Å². The highest BCUT2D eigenvalue weighted by Crippen LogP contribution is 2.28. The van der Waals surface area contributed by atoms with Gasteiger partial charge in [0.1, 0.15) is 17.9 Å². The maximum Gasteiger partial charge on any atom is 0.229 e. The van der Waals surface area contributed by atoms with Gasteiger partial charge in [-0.15, -0.1) is 0 Å². The minimum absolute atomic E-state index is 0.0000409. The van der Waals surface area contributed by atoms with Crippen LogP contribution in [0.2, 0.25) is 0 Å². The van der Waals surface area contributed by atoms with Crippen LogP contribution in [0.1, 0.15) is 18.4 Å². The third-order valence-corrected chi connectivity index (χ3v) is 5.11. The average molecular weight is 392 g/mol. The number of aryl methyl sites for hydroxylation is 1. The molecule has 29 heavy (non-hydrogen) atoms. The molecule has 1 amide bonds. The van der Waals surface area contributed by atoms with E-state index in [9.17, 15) is 4.79 Å². The Kier molecular flexibility index (Phi) is 5.41. The Morgan fingerprint density at radius 3 is 2.90 bits per heavy atom. The van der Waals surface area contributed by atoms with Crippen molar-refractivity contribution in [3.63, 3.8) is 0 Å². The van der Waals surface area contributed by atoms with Gasteiger partial charge in [-0.05, 0) is 43.5 Å². The number of piperidine rings is 1. The van der Waals surface area contributed by atoms with Crippen molar-refractivity contribution < 1.29 is 9.53 Å². The van der Waals surface area contributed by atoms with Gasteiger partial charge in [-0.2, -0.15) is 5.10 Å². The van der Waals surface area contributed by atoms with E-state index < -0.39 is 0 Å². The molecule has 1 aliphatic heterocycles. The molecule has 1 saturated heterocycles. The molecule has 0 spiro atoms. The molecule has 0 saturated carbocycles. The van der Waals surface area contributed by atoms with Crippen molar-refractivity contribution in [2.24, 2.45) is 5.92 Å². The summed E-state index contributed by atoms with van der Waals surface area (Å²) >= 11 is 0. The molecule has 8 heteroatoms. The summed E-state index contributed by atoms with van der Waals surface area (Å²) < 4.78 is 7.07. The second kappa shape index (κ2) is 8.30. The monoisotopic (exact) mass is 392 g/mol. The van der Waals surface area contributed by atoms with Crippen molar-refractivity contribution in [1.82, 2.24) is 19.7 Å². The van der Waals surface area contributed by atoms with Gasteiger partial charge >= 0.3 is 0 Å². The van der Waals surface area contributed by atoms with Crippen LogP contribution in [0.4, 0.5) is 11.5 Å². The number of hydrogen-bond acceptors (Lipinski definition) is 6. The predicted molar refractivity (Wildman–Crippen MR) is 110 cm³/mol. The lowest BCUT2D eigenvalue weighted by Gasteiger charge is -2.33. The van der Waals surface area contributed by atoms with Crippen molar-refractivity contribution in [3.8, 4) is 11.6 Å². The van der Waals surface area contributed by atoms with Gasteiger partial charge in [-0.3, -0.25) is 4.79 Å². The zero-order valence-corrected chi connectivity index (χ0v) is 16.6. The predicted octanol–water partition coefficient (Wildman–Crippen LogP) is 2.83. The van der Waals surface area contributed by atoms with E-state index in [1.807, 2.05) is 43.5 Å². The van der Waals surface area contributed by atoms with Gasteiger partial charge in [0, 0.05) is 31.5 Å². The van der Waals surface area contributed by atoms with Gasteiger partial charge in [0.05, 0.1) is 18.7 Å². The number of amides is 1. The van der Waals surface area contributed by atoms with Gasteiger partial charge in [0.2, 0.25) is 5.91 Å². The molecule has 1 aliphatic rings. The normalized spacial score (nSPS) is 16.5. The Morgan fingerprint density at radius 1 is 1.24 bits per heavy atom. The number of rotatable bonds is 5. The number of carbonyl (C=O) groups excluding carboxylic acids is 1. The van der Waals surface area contributed by atoms with Gasteiger partial charge in [-0.25, -0.2) is 14.6 Å². The third-order valence-electron chi connectivity index (χ3n) is 5.11. The van der Waals surface area contributed by atoms with Crippen LogP contribution in [0.3, 0.4) is 0 Å². The van der Waals surface area contributed by atoms with Crippen LogP contribution < -0.4 is 15.0 Å². The van der Waals surface area contributed by atoms with Crippen molar-refractivity contribution in [3.05, 3.63) is 54.6 Å². The molecule has 1 fully saturated rings. The van der Waals surface area contributed by atoms with Crippen molar-refractivity contribution >= 4 is 17.4 Å². The summed E-state index contributed by atoms with van der Waals surface area (Å²) in [5.74, 6) is 2.04. The van der Waals surface area contributed by atoms with E-state index in [0.717, 1.165) is 30.8 Å². The van der Waals surface area contributed by atoms with Crippen molar-refractivity contribution in [2.75, 3.05) is 30.4 Å². The maximum absolute atomic E-state index is 12.9. The lowest BCUT2D eigenvalue weighted by atomic mass is 9.97. The summed E-state index contributed by atoms with van der Waals surface area (Å²) in [5.41, 5.74) is 1.77. The second-order valence-corrected chi connectivity index (χ2v) is 7.16. The van der Waals surface area contributed by atoms with Crippen LogP contribution in [0.5, 0.6) is 5.75 Å². The number of benzene rings is 1. The van der Waals surface area contributed by atoms with E-state index in [-0.39, 0.29) is 11.8 Å². The van der Waals surface area contributed by atoms with Crippen LogP contribution in [0, 0.1) is 12.8 Å². The Hall–Kier alpha value is -3.42. The standard InChI is InChI=1S/C21H24N6O2/c1-15-6-7-18(29-2)17(11-15)25-21(28)16-5-3-9-26(13-16)19-12-20(23-14-22-19)27-10-4-8-24-27/h4,6-8,10-12,14,16H,3,5,9,13H2,1-2H3,(H,25,28)/t16-/m1/s1. The zero-order chi connectivity index (χ0) is 20.2. The minimum Gasteiger partial charge on any atom is -0.495 e. The number of hydrogen-bond donors (Lipinski definition) is 1. The molecule has 2 aromatic heterocycles. The van der Waals surface area contributed by atoms with Gasteiger partial charge in [-0.1, -0.05) is 6.07 Å². The van der Waals surface area contributed by atoms with Crippen molar-refractivity contribution in [1.29, 1.82) is 0 Å². The highest BCUT2D eigenvalue weighted by atomic mass is 16.5. The second-order valence-electron chi connectivity index (χ2n) is 7.16. The molecular weight excluding hydrogens is 368 g/mol. The smallest absolute Gasteiger partial charge is 0.229 e. The molecule has 1 aromatic carbocycles. The number of nitrogens with zero attached hydrogens (tertiary/aromatic N) is 5. The summed E-state index contributed by atoms with van der Waals surface area (Å²) in [6.07, 6.45) is 6.85. The number of anilines is 2. The maximum atomic E-state index is 12.9. The first-order valence-corrected chi connectivity index (χ1v) is 9.66. The summed E-state index contributed by atoms with van der Waals surface area (Å²) in [6.45, 7) is 3.45. The molecule has 1 N–H and O–H groups in total. The molecule has 0 aliphatic carbocycles. The van der Waals surface area contributed by atoms with Crippen LogP contribution in [-0.2, 0) is 4.79 Å². The van der Waals surface area contributed by atoms with E-state index in [1.165, 1.54) is 6.33 Å². The molecule has 0 radical (unpaired) electrons. The van der Waals surface area contributed by atoms with E-state index >= 15 is 0 Å². The van der Waals surface area contributed by atoms with Crippen LogP contribution in [0.25, 0.3) is 5.82 Å². The quantitative estimate of drug-likeness (QED) is 0.719. The van der Waals surface area contributed by atoms with Crippen LogP contribution >= 0.6 is 0 Å². The molecule has 8 nitrogen and oxygen atoms in total. The lowest BCUT2D eigenvalue weighted by Crippen LogP contribution is -2.41. The Balaban J connectivity index is 1.48. The molecule has 4 rings (SSSR count). The van der Waals surface area contributed by atoms with Crippen LogP contribution in [0.15, 0.2) is 49.1 Å². The summed E-state index contributed by atoms with van der Waals surface area (Å²) in [6, 6.07) is 9.51. The highest BCUT2D eigenvalue weighted by molar-refractivity contribution is 5.94. The third kappa shape index (κ3) is 4.21. The molecule has 150 valence electrons. The number of ether oxygens (including phenoxy) is 1. The highest BCUT2D eigenvalue weighted by Gasteiger charge is 2.27. The molecule has 3 heterocycles. The lowest BCUT2D eigenvalue weighted by molar-refractivity contribution is -0.120. The van der Waals surface area contributed by atoms with Gasteiger partial charge in [0.15, 0.2) is 5.82 Å². The summed E-state index contributed by atoms with van der Waals surface area (Å²) in [4.78, 5) is 23.8. The zero-order valence-electron chi connectivity index (χ0n) is 16.6. The number of nitrogens with one attached hydrogen (secondary N) is 1. The summed E-state index contributed by atoms with van der Waals surface area (Å²) in [5, 5.41) is 7.26. The average Bonchev–Trinajstić information content (AvgIpc) is 3.29. The molecule has 3 aromatic rings. The fraction of sp³-hybridized carbons (Fsp3) is 0.333. The Labute approximate surface area is 169 Å². The fourth-order valence-corrected chi connectivity index (χ4v) is 3.59. The first-order chi connectivity index (χ1) is 14.1. The SMILES string of the molecule is COc1ccc(C)cc1NC(=O)[C@@H]1CCCN(c2cc(-n3cccn3)ncn2)C1. The first kappa shape index (κ1) is 18.9. The van der Waals surface area contributed by atoms with E-state index in [4.69, 9.17) is 4.74 Å². The number of aromatic nitrogens is 4.